The van der Waals surface area contributed by atoms with Gasteiger partial charge in [-0.3, -0.25) is 28.9 Å². The van der Waals surface area contributed by atoms with Crippen molar-refractivity contribution in [1.82, 2.24) is 4.90 Å². The second kappa shape index (κ2) is 17.1. The number of carbonyl (C=O) groups is 5. The lowest BCUT2D eigenvalue weighted by molar-refractivity contribution is -0.142. The zero-order valence-corrected chi connectivity index (χ0v) is 28.2. The Labute approximate surface area is 298 Å². The standard InChI is InChI=1S/C34H34N2O17/c1-49-27-9-19-24(11-22(27)37)53-25-12-23(38)28(50-2)10-20(25)33(19)17-7-21(36(15-31(43)44)16-32(45)46)26(8-18(17)34(47)48)52-6-5-51-4-3-35(13-29(39)40)14-30(41)42/h7-12,37H,3-6,13-16H2,1-2H3,(H,39,40)(H,41,42)(H,43,44)(H,45,46)(H,47,48). The molecule has 0 atom stereocenters. The Balaban J connectivity index is 1.88. The monoisotopic (exact) mass is 742 g/mol. The lowest BCUT2D eigenvalue weighted by Crippen LogP contribution is -2.37. The first-order valence-corrected chi connectivity index (χ1v) is 15.5. The van der Waals surface area contributed by atoms with Gasteiger partial charge in [0, 0.05) is 35.2 Å². The van der Waals surface area contributed by atoms with Crippen LogP contribution in [-0.4, -0.2) is 132 Å². The summed E-state index contributed by atoms with van der Waals surface area (Å²) in [6, 6.07) is 7.22. The Bertz CT molecular complexity index is 2040. The van der Waals surface area contributed by atoms with Crippen LogP contribution in [0.15, 0.2) is 45.6 Å². The molecule has 0 amide bonds. The molecule has 1 aliphatic heterocycles. The summed E-state index contributed by atoms with van der Waals surface area (Å²) in [6.07, 6.45) is 0. The van der Waals surface area contributed by atoms with Gasteiger partial charge in [-0.15, -0.1) is 0 Å². The van der Waals surface area contributed by atoms with Crippen LogP contribution in [0.1, 0.15) is 10.4 Å². The number of nitrogens with zero attached hydrogens (tertiary/aromatic N) is 2. The van der Waals surface area contributed by atoms with E-state index in [0.717, 1.165) is 21.9 Å². The van der Waals surface area contributed by atoms with Crippen molar-refractivity contribution in [3.63, 3.8) is 0 Å². The van der Waals surface area contributed by atoms with Gasteiger partial charge in [-0.2, -0.15) is 0 Å². The number of phenolic OH excluding ortho intramolecular Hbond substituents is 1. The van der Waals surface area contributed by atoms with Gasteiger partial charge in [0.1, 0.15) is 36.8 Å². The molecule has 53 heavy (non-hydrogen) atoms. The van der Waals surface area contributed by atoms with E-state index >= 15 is 0 Å². The minimum Gasteiger partial charge on any atom is -0.504 e. The molecule has 2 aromatic carbocycles. The summed E-state index contributed by atoms with van der Waals surface area (Å²) in [5.41, 5.74) is -1.02. The van der Waals surface area contributed by atoms with E-state index in [-0.39, 0.29) is 88.5 Å². The first-order valence-electron chi connectivity index (χ1n) is 15.5. The number of aromatic carboxylic acids is 1. The van der Waals surface area contributed by atoms with Crippen molar-refractivity contribution in [2.75, 3.05) is 71.7 Å². The third kappa shape index (κ3) is 9.60. The van der Waals surface area contributed by atoms with Crippen LogP contribution in [0.5, 0.6) is 23.0 Å². The van der Waals surface area contributed by atoms with Gasteiger partial charge in [-0.05, 0) is 29.8 Å². The van der Waals surface area contributed by atoms with Crippen LogP contribution >= 0.6 is 0 Å². The second-order valence-corrected chi connectivity index (χ2v) is 11.3. The molecule has 0 spiro atoms. The highest BCUT2D eigenvalue weighted by molar-refractivity contribution is 6.09. The topological polar surface area (TPSA) is 280 Å². The van der Waals surface area contributed by atoms with E-state index in [1.165, 1.54) is 38.5 Å². The molecule has 19 nitrogen and oxygen atoms in total. The summed E-state index contributed by atoms with van der Waals surface area (Å²) < 4.78 is 27.7. The number of anilines is 1. The molecule has 0 fully saturated rings. The van der Waals surface area contributed by atoms with Gasteiger partial charge in [0.2, 0.25) is 5.43 Å². The van der Waals surface area contributed by atoms with Crippen molar-refractivity contribution in [2.24, 2.45) is 0 Å². The van der Waals surface area contributed by atoms with Crippen molar-refractivity contribution in [1.29, 1.82) is 0 Å². The van der Waals surface area contributed by atoms with Gasteiger partial charge < -0.3 is 58.9 Å². The average molecular weight is 743 g/mol. The summed E-state index contributed by atoms with van der Waals surface area (Å²) in [5.74, 6) is -7.66. The van der Waals surface area contributed by atoms with Crippen LogP contribution in [0.2, 0.25) is 0 Å². The van der Waals surface area contributed by atoms with Crippen molar-refractivity contribution < 1.29 is 78.0 Å². The van der Waals surface area contributed by atoms with Crippen LogP contribution in [0.3, 0.4) is 0 Å². The minimum absolute atomic E-state index is 0.0102. The predicted octanol–water partition coefficient (Wildman–Crippen LogP) is 1.83. The molecule has 2 aliphatic rings. The highest BCUT2D eigenvalue weighted by atomic mass is 16.5. The smallest absolute Gasteiger partial charge is 0.336 e. The molecule has 0 aromatic heterocycles. The van der Waals surface area contributed by atoms with E-state index in [4.69, 9.17) is 33.6 Å². The number of methoxy groups -OCH3 is 2. The highest BCUT2D eigenvalue weighted by Crippen LogP contribution is 2.47. The number of aliphatic carboxylic acids is 4. The SMILES string of the molecule is COc1cc2c(-c3cc(N(CC(=O)O)CC(=O)O)c(OCCOCCN(CC(=O)O)CC(=O)O)cc3C(=O)O)c3cc(OC)c(=O)cc-3oc2cc1O. The molecule has 1 heterocycles. The zero-order valence-electron chi connectivity index (χ0n) is 28.2. The van der Waals surface area contributed by atoms with Gasteiger partial charge in [-0.1, -0.05) is 0 Å². The number of hydrogen-bond acceptors (Lipinski definition) is 14. The van der Waals surface area contributed by atoms with E-state index in [0.29, 0.717) is 0 Å². The molecule has 4 rings (SSSR count). The molecule has 6 N–H and O–H groups in total. The van der Waals surface area contributed by atoms with Gasteiger partial charge in [0.05, 0.1) is 51.8 Å². The van der Waals surface area contributed by atoms with Crippen molar-refractivity contribution in [3.05, 3.63) is 52.2 Å². The van der Waals surface area contributed by atoms with Crippen LogP contribution in [0.4, 0.5) is 5.69 Å². The normalized spacial score (nSPS) is 11.1. The number of carboxylic acid groups (broad SMARTS) is 5. The third-order valence-corrected chi connectivity index (χ3v) is 7.65. The molecule has 282 valence electrons. The molecule has 1 aliphatic carbocycles. The molecule has 0 saturated heterocycles. The lowest BCUT2D eigenvalue weighted by atomic mass is 9.89. The Morgan fingerprint density at radius 1 is 0.698 bits per heavy atom. The number of ether oxygens (including phenoxy) is 4. The molecule has 0 unspecified atom stereocenters. The number of fused-ring (bicyclic) bond motifs is 2. The van der Waals surface area contributed by atoms with E-state index in [2.05, 4.69) is 0 Å². The fourth-order valence-corrected chi connectivity index (χ4v) is 5.50. The van der Waals surface area contributed by atoms with Crippen LogP contribution < -0.4 is 24.5 Å². The molecular formula is C34H34N2O17. The summed E-state index contributed by atoms with van der Waals surface area (Å²) in [5, 5.41) is 58.6. The fraction of sp³-hybridized carbons (Fsp3) is 0.294. The first kappa shape index (κ1) is 39.2. The van der Waals surface area contributed by atoms with Crippen molar-refractivity contribution in [3.8, 4) is 45.4 Å². The van der Waals surface area contributed by atoms with Crippen molar-refractivity contribution in [2.45, 2.75) is 0 Å². The maximum Gasteiger partial charge on any atom is 0.336 e. The number of rotatable bonds is 20. The number of carboxylic acids is 5. The van der Waals surface area contributed by atoms with E-state index in [1.807, 2.05) is 0 Å². The first-order chi connectivity index (χ1) is 25.1. The summed E-state index contributed by atoms with van der Waals surface area (Å²) in [7, 11) is 2.52. The molecule has 2 aromatic rings. The van der Waals surface area contributed by atoms with Gasteiger partial charge in [-0.25, -0.2) is 4.79 Å². The molecule has 0 radical (unpaired) electrons. The van der Waals surface area contributed by atoms with Crippen LogP contribution in [-0.2, 0) is 23.9 Å². The van der Waals surface area contributed by atoms with Gasteiger partial charge in [0.25, 0.3) is 0 Å². The van der Waals surface area contributed by atoms with Gasteiger partial charge >= 0.3 is 29.8 Å². The number of hydrogen-bond donors (Lipinski definition) is 6. The Morgan fingerprint density at radius 2 is 1.32 bits per heavy atom. The number of benzene rings is 3. The fourth-order valence-electron chi connectivity index (χ4n) is 5.50. The van der Waals surface area contributed by atoms with Crippen molar-refractivity contribution >= 4 is 46.5 Å². The summed E-state index contributed by atoms with van der Waals surface area (Å²) >= 11 is 0. The highest BCUT2D eigenvalue weighted by Gasteiger charge is 2.28. The molecule has 0 saturated carbocycles. The predicted molar refractivity (Wildman–Crippen MR) is 182 cm³/mol. The Hall–Kier alpha value is -6.60. The second-order valence-electron chi connectivity index (χ2n) is 11.3. The Morgan fingerprint density at radius 3 is 1.89 bits per heavy atom. The van der Waals surface area contributed by atoms with Gasteiger partial charge in [0.15, 0.2) is 17.2 Å². The largest absolute Gasteiger partial charge is 0.504 e. The maximum absolute atomic E-state index is 12.9. The zero-order chi connectivity index (χ0) is 39.0. The molecule has 19 heteroatoms. The maximum atomic E-state index is 12.9. The average Bonchev–Trinajstić information content (AvgIpc) is 3.06. The van der Waals surface area contributed by atoms with Crippen LogP contribution in [0, 0.1) is 0 Å². The molecule has 0 bridgehead atoms. The Kier molecular flexibility index (Phi) is 12.6. The van der Waals surface area contributed by atoms with Crippen LogP contribution in [0.25, 0.3) is 33.4 Å². The summed E-state index contributed by atoms with van der Waals surface area (Å²) in [4.78, 5) is 73.6. The third-order valence-electron chi connectivity index (χ3n) is 7.65. The quantitative estimate of drug-likeness (QED) is 0.0556. The minimum atomic E-state index is -1.49. The van der Waals surface area contributed by atoms with E-state index in [9.17, 15) is 49.2 Å². The van der Waals surface area contributed by atoms with E-state index in [1.54, 1.807) is 0 Å². The molecular weight excluding hydrogens is 708 g/mol. The number of phenols is 1. The lowest BCUT2D eigenvalue weighted by Gasteiger charge is -2.26. The summed E-state index contributed by atoms with van der Waals surface area (Å²) in [6.45, 7) is -3.52. The van der Waals surface area contributed by atoms with E-state index < -0.39 is 67.0 Å². The number of aromatic hydroxyl groups is 1.